The smallest absolute Gasteiger partial charge is 0.164 e. The Morgan fingerprint density at radius 2 is 1.42 bits per heavy atom. The topological polar surface area (TPSA) is 65.7 Å². The number of hydrogen-bond donors (Lipinski definition) is 2. The molecule has 108 valence electrons. The maximum absolute atomic E-state index is 5.70. The van der Waals surface area contributed by atoms with Crippen molar-refractivity contribution in [1.82, 2.24) is 5.43 Å². The zero-order chi connectivity index (χ0) is 14.6. The molecule has 3 N–H and O–H groups in total. The van der Waals surface area contributed by atoms with Crippen LogP contribution in [0.1, 0.15) is 32.4 Å². The Morgan fingerprint density at radius 3 is 1.79 bits per heavy atom. The molecule has 0 aromatic heterocycles. The molecule has 0 aliphatic carbocycles. The molecule has 1 atom stereocenters. The summed E-state index contributed by atoms with van der Waals surface area (Å²) in [5.41, 5.74) is 3.72. The highest BCUT2D eigenvalue weighted by Gasteiger charge is 2.29. The third-order valence-corrected chi connectivity index (χ3v) is 3.08. The monoisotopic (exact) mass is 268 g/mol. The Bertz CT molecular complexity index is 427. The first kappa shape index (κ1) is 15.6. The number of methoxy groups -OCH3 is 3. The van der Waals surface area contributed by atoms with Gasteiger partial charge in [-0.15, -0.1) is 0 Å². The molecule has 5 heteroatoms. The van der Waals surface area contributed by atoms with E-state index in [0.717, 1.165) is 11.3 Å². The number of ether oxygens (including phenoxy) is 3. The van der Waals surface area contributed by atoms with Crippen LogP contribution in [0.3, 0.4) is 0 Å². The van der Waals surface area contributed by atoms with Crippen LogP contribution in [0.2, 0.25) is 0 Å². The quantitative estimate of drug-likeness (QED) is 0.633. The molecule has 0 heterocycles. The van der Waals surface area contributed by atoms with Crippen molar-refractivity contribution in [1.29, 1.82) is 0 Å². The fourth-order valence-corrected chi connectivity index (χ4v) is 2.08. The first-order valence-corrected chi connectivity index (χ1v) is 6.15. The first-order chi connectivity index (χ1) is 8.88. The van der Waals surface area contributed by atoms with E-state index < -0.39 is 0 Å². The number of hydrazine groups is 1. The number of nitrogens with two attached hydrogens (primary N) is 1. The van der Waals surface area contributed by atoms with Crippen molar-refractivity contribution in [2.45, 2.75) is 26.8 Å². The van der Waals surface area contributed by atoms with Crippen LogP contribution in [0.15, 0.2) is 12.1 Å². The lowest BCUT2D eigenvalue weighted by Crippen LogP contribution is -2.37. The van der Waals surface area contributed by atoms with Crippen molar-refractivity contribution in [3.8, 4) is 17.2 Å². The molecule has 19 heavy (non-hydrogen) atoms. The van der Waals surface area contributed by atoms with E-state index in [1.165, 1.54) is 0 Å². The molecule has 0 aliphatic heterocycles. The molecule has 0 saturated carbocycles. The van der Waals surface area contributed by atoms with Gasteiger partial charge in [-0.3, -0.25) is 11.3 Å². The average Bonchev–Trinajstić information content (AvgIpc) is 2.37. The second kappa shape index (κ2) is 6.12. The second-order valence-corrected chi connectivity index (χ2v) is 5.41. The zero-order valence-corrected chi connectivity index (χ0v) is 12.5. The van der Waals surface area contributed by atoms with Crippen LogP contribution in [0, 0.1) is 5.41 Å². The van der Waals surface area contributed by atoms with Crippen LogP contribution in [-0.2, 0) is 0 Å². The lowest BCUT2D eigenvalue weighted by molar-refractivity contribution is 0.265. The number of benzene rings is 1. The van der Waals surface area contributed by atoms with Crippen molar-refractivity contribution in [3.05, 3.63) is 17.7 Å². The van der Waals surface area contributed by atoms with Crippen molar-refractivity contribution in [2.75, 3.05) is 21.3 Å². The maximum Gasteiger partial charge on any atom is 0.164 e. The van der Waals surface area contributed by atoms with E-state index >= 15 is 0 Å². The molecule has 0 amide bonds. The van der Waals surface area contributed by atoms with Crippen LogP contribution < -0.4 is 25.5 Å². The van der Waals surface area contributed by atoms with Crippen LogP contribution in [0.4, 0.5) is 0 Å². The Hall–Kier alpha value is -1.46. The third-order valence-electron chi connectivity index (χ3n) is 3.08. The van der Waals surface area contributed by atoms with Gasteiger partial charge < -0.3 is 14.2 Å². The van der Waals surface area contributed by atoms with Crippen molar-refractivity contribution >= 4 is 0 Å². The standard InChI is InChI=1S/C14H24N2O3/c1-14(2,3)13(16-15)9-7-11(18-5)12(19-6)8-10(9)17-4/h7-8,13,16H,15H2,1-6H3. The van der Waals surface area contributed by atoms with Gasteiger partial charge >= 0.3 is 0 Å². The van der Waals surface area contributed by atoms with E-state index in [1.54, 1.807) is 21.3 Å². The number of hydrogen-bond acceptors (Lipinski definition) is 5. The van der Waals surface area contributed by atoms with Gasteiger partial charge in [-0.05, 0) is 11.5 Å². The average molecular weight is 268 g/mol. The molecule has 1 aromatic rings. The lowest BCUT2D eigenvalue weighted by Gasteiger charge is -2.31. The van der Waals surface area contributed by atoms with Gasteiger partial charge in [0, 0.05) is 11.6 Å². The van der Waals surface area contributed by atoms with Crippen LogP contribution in [-0.4, -0.2) is 21.3 Å². The van der Waals surface area contributed by atoms with Gasteiger partial charge in [-0.1, -0.05) is 20.8 Å². The number of rotatable bonds is 5. The normalized spacial score (nSPS) is 13.0. The molecular formula is C14H24N2O3. The highest BCUT2D eigenvalue weighted by atomic mass is 16.5. The Balaban J connectivity index is 3.40. The molecule has 1 aromatic carbocycles. The summed E-state index contributed by atoms with van der Waals surface area (Å²) in [6.07, 6.45) is 0. The largest absolute Gasteiger partial charge is 0.496 e. The molecule has 0 aliphatic rings. The summed E-state index contributed by atoms with van der Waals surface area (Å²) >= 11 is 0. The lowest BCUT2D eigenvalue weighted by atomic mass is 9.82. The van der Waals surface area contributed by atoms with Gasteiger partial charge in [0.2, 0.25) is 0 Å². The molecule has 1 unspecified atom stereocenters. The molecule has 5 nitrogen and oxygen atoms in total. The maximum atomic E-state index is 5.70. The molecular weight excluding hydrogens is 244 g/mol. The minimum absolute atomic E-state index is 0.0674. The van der Waals surface area contributed by atoms with Gasteiger partial charge in [-0.25, -0.2) is 0 Å². The Morgan fingerprint density at radius 1 is 0.947 bits per heavy atom. The van der Waals surface area contributed by atoms with Gasteiger partial charge in [0.25, 0.3) is 0 Å². The van der Waals surface area contributed by atoms with Crippen LogP contribution in [0.25, 0.3) is 0 Å². The highest BCUT2D eigenvalue weighted by Crippen LogP contribution is 2.42. The fraction of sp³-hybridized carbons (Fsp3) is 0.571. The van der Waals surface area contributed by atoms with Crippen molar-refractivity contribution in [2.24, 2.45) is 11.3 Å². The zero-order valence-electron chi connectivity index (χ0n) is 12.5. The first-order valence-electron chi connectivity index (χ1n) is 6.15. The molecule has 0 bridgehead atoms. The van der Waals surface area contributed by atoms with E-state index in [-0.39, 0.29) is 11.5 Å². The minimum atomic E-state index is -0.0678. The fourth-order valence-electron chi connectivity index (χ4n) is 2.08. The second-order valence-electron chi connectivity index (χ2n) is 5.41. The minimum Gasteiger partial charge on any atom is -0.496 e. The summed E-state index contributed by atoms with van der Waals surface area (Å²) in [4.78, 5) is 0. The van der Waals surface area contributed by atoms with E-state index in [9.17, 15) is 0 Å². The third kappa shape index (κ3) is 3.30. The molecule has 0 radical (unpaired) electrons. The summed E-state index contributed by atoms with van der Waals surface area (Å²) in [6.45, 7) is 6.31. The summed E-state index contributed by atoms with van der Waals surface area (Å²) in [5.74, 6) is 7.70. The predicted octanol–water partition coefficient (Wildman–Crippen LogP) is 2.26. The number of nitrogens with one attached hydrogen (secondary N) is 1. The summed E-state index contributed by atoms with van der Waals surface area (Å²) in [7, 11) is 4.83. The molecule has 0 spiro atoms. The van der Waals surface area contributed by atoms with E-state index in [1.807, 2.05) is 12.1 Å². The van der Waals surface area contributed by atoms with Crippen molar-refractivity contribution in [3.63, 3.8) is 0 Å². The predicted molar refractivity (Wildman–Crippen MR) is 75.6 cm³/mol. The van der Waals surface area contributed by atoms with E-state index in [4.69, 9.17) is 20.1 Å². The van der Waals surface area contributed by atoms with Crippen LogP contribution in [0.5, 0.6) is 17.2 Å². The van der Waals surface area contributed by atoms with Gasteiger partial charge in [0.1, 0.15) is 5.75 Å². The van der Waals surface area contributed by atoms with Crippen LogP contribution >= 0.6 is 0 Å². The SMILES string of the molecule is COc1cc(OC)c(C(NN)C(C)(C)C)cc1OC. The highest BCUT2D eigenvalue weighted by molar-refractivity contribution is 5.52. The molecule has 1 rings (SSSR count). The summed E-state index contributed by atoms with van der Waals surface area (Å²) in [5, 5.41) is 0. The Kier molecular flexibility index (Phi) is 5.03. The van der Waals surface area contributed by atoms with Gasteiger partial charge in [0.05, 0.1) is 27.4 Å². The van der Waals surface area contributed by atoms with Gasteiger partial charge in [0.15, 0.2) is 11.5 Å². The summed E-state index contributed by atoms with van der Waals surface area (Å²) < 4.78 is 16.0. The molecule has 0 saturated heterocycles. The van der Waals surface area contributed by atoms with E-state index in [2.05, 4.69) is 26.2 Å². The van der Waals surface area contributed by atoms with E-state index in [0.29, 0.717) is 11.5 Å². The molecule has 0 fully saturated rings. The summed E-state index contributed by atoms with van der Waals surface area (Å²) in [6, 6.07) is 3.64. The van der Waals surface area contributed by atoms with Gasteiger partial charge in [-0.2, -0.15) is 0 Å². The van der Waals surface area contributed by atoms with Crippen molar-refractivity contribution < 1.29 is 14.2 Å². The Labute approximate surface area is 115 Å².